The van der Waals surface area contributed by atoms with Crippen molar-refractivity contribution in [3.8, 4) is 0 Å². The fourth-order valence-corrected chi connectivity index (χ4v) is 3.48. The molecule has 0 unspecified atom stereocenters. The molecule has 3 heterocycles. The average molecular weight is 517 g/mol. The summed E-state index contributed by atoms with van der Waals surface area (Å²) < 4.78 is 69.4. The highest BCUT2D eigenvalue weighted by atomic mass is 19.4. The molecule has 198 valence electrons. The van der Waals surface area contributed by atoms with Gasteiger partial charge in [0.15, 0.2) is 0 Å². The van der Waals surface area contributed by atoms with Gasteiger partial charge in [0.25, 0.3) is 5.91 Å². The van der Waals surface area contributed by atoms with Gasteiger partial charge in [-0.15, -0.1) is 0 Å². The first kappa shape index (κ1) is 30.1. The van der Waals surface area contributed by atoms with E-state index < -0.39 is 24.3 Å². The van der Waals surface area contributed by atoms with Crippen molar-refractivity contribution in [3.05, 3.63) is 29.6 Å². The van der Waals surface area contributed by atoms with Crippen LogP contribution in [-0.2, 0) is 14.3 Å². The van der Waals surface area contributed by atoms with Gasteiger partial charge in [-0.1, -0.05) is 0 Å². The number of aliphatic carboxylic acids is 2. The lowest BCUT2D eigenvalue weighted by atomic mass is 9.93. The Hall–Kier alpha value is -2.94. The molecule has 2 saturated heterocycles. The minimum Gasteiger partial charge on any atom is -0.475 e. The molecule has 2 aliphatic heterocycles. The van der Waals surface area contributed by atoms with Crippen molar-refractivity contribution in [1.29, 1.82) is 0 Å². The lowest BCUT2D eigenvalue weighted by molar-refractivity contribution is -0.193. The normalized spacial score (nSPS) is 21.4. The number of nitrogens with zero attached hydrogens (tertiary/aromatic N) is 3. The van der Waals surface area contributed by atoms with Gasteiger partial charge >= 0.3 is 24.3 Å². The summed E-state index contributed by atoms with van der Waals surface area (Å²) in [6, 6.07) is 1.90. The SMILES string of the molecule is Cc1cncc(C(=O)N2C[C@@H]3[C@H](CN(C)C)CO[C@@H]3C2)c1.O=C(O)C(F)(F)F.O=C(O)C(F)(F)F. The Labute approximate surface area is 196 Å². The summed E-state index contributed by atoms with van der Waals surface area (Å²) in [5, 5.41) is 14.2. The quantitative estimate of drug-likeness (QED) is 0.587. The molecular weight excluding hydrogens is 492 g/mol. The molecule has 0 bridgehead atoms. The molecule has 0 saturated carbocycles. The molecule has 15 heteroatoms. The van der Waals surface area contributed by atoms with Gasteiger partial charge < -0.3 is 24.7 Å². The lowest BCUT2D eigenvalue weighted by Gasteiger charge is -2.22. The van der Waals surface area contributed by atoms with Gasteiger partial charge in [-0.05, 0) is 32.6 Å². The number of aromatic nitrogens is 1. The molecule has 0 radical (unpaired) electrons. The molecule has 2 fully saturated rings. The summed E-state index contributed by atoms with van der Waals surface area (Å²) in [6.07, 6.45) is -6.54. The topological polar surface area (TPSA) is 120 Å². The average Bonchev–Trinajstić information content (AvgIpc) is 3.28. The number of hydrogen-bond donors (Lipinski definition) is 2. The second-order valence-electron chi connectivity index (χ2n) is 8.12. The zero-order valence-corrected chi connectivity index (χ0v) is 18.9. The van der Waals surface area contributed by atoms with E-state index in [0.717, 1.165) is 25.3 Å². The third-order valence-corrected chi connectivity index (χ3v) is 4.93. The van der Waals surface area contributed by atoms with E-state index in [1.165, 1.54) is 0 Å². The Morgan fingerprint density at radius 2 is 1.57 bits per heavy atom. The highest BCUT2D eigenvalue weighted by molar-refractivity contribution is 5.94. The summed E-state index contributed by atoms with van der Waals surface area (Å²) in [5.41, 5.74) is 1.70. The number of carboxylic acid groups (broad SMARTS) is 2. The summed E-state index contributed by atoms with van der Waals surface area (Å²) in [6.45, 7) is 5.31. The molecular formula is C20H25F6N3O6. The maximum absolute atomic E-state index is 12.6. The molecule has 2 N–H and O–H groups in total. The first-order valence-electron chi connectivity index (χ1n) is 10.0. The minimum absolute atomic E-state index is 0.0767. The van der Waals surface area contributed by atoms with Crippen molar-refractivity contribution in [3.63, 3.8) is 0 Å². The molecule has 2 aliphatic rings. The van der Waals surface area contributed by atoms with Gasteiger partial charge in [0.1, 0.15) is 0 Å². The van der Waals surface area contributed by atoms with E-state index in [0.29, 0.717) is 23.9 Å². The standard InChI is InChI=1S/C16H23N3O2.2C2HF3O2/c1-11-4-12(6-17-5-11)16(20)19-8-14-13(7-18(2)3)10-21-15(14)9-19;2*3-2(4,5)1(6)7/h4-6,13-15H,7-10H2,1-3H3;2*(H,6,7)/t13-,14-,15-;;/m1../s1. The fourth-order valence-electron chi connectivity index (χ4n) is 3.48. The zero-order chi connectivity index (χ0) is 27.1. The van der Waals surface area contributed by atoms with E-state index in [9.17, 15) is 31.1 Å². The van der Waals surface area contributed by atoms with Crippen LogP contribution in [0.25, 0.3) is 0 Å². The maximum atomic E-state index is 12.6. The summed E-state index contributed by atoms with van der Waals surface area (Å²) >= 11 is 0. The van der Waals surface area contributed by atoms with Crippen LogP contribution in [0.5, 0.6) is 0 Å². The van der Waals surface area contributed by atoms with Crippen LogP contribution in [-0.4, -0.2) is 102 Å². The number of aryl methyl sites for hydroxylation is 1. The second kappa shape index (κ2) is 12.2. The summed E-state index contributed by atoms with van der Waals surface area (Å²) in [5.74, 6) is -4.44. The fraction of sp³-hybridized carbons (Fsp3) is 0.600. The molecule has 3 atom stereocenters. The molecule has 35 heavy (non-hydrogen) atoms. The largest absolute Gasteiger partial charge is 0.490 e. The highest BCUT2D eigenvalue weighted by Crippen LogP contribution is 2.34. The van der Waals surface area contributed by atoms with Gasteiger partial charge in [-0.25, -0.2) is 9.59 Å². The van der Waals surface area contributed by atoms with Crippen LogP contribution in [0.3, 0.4) is 0 Å². The van der Waals surface area contributed by atoms with E-state index in [4.69, 9.17) is 24.5 Å². The smallest absolute Gasteiger partial charge is 0.475 e. The molecule has 1 aromatic heterocycles. The maximum Gasteiger partial charge on any atom is 0.490 e. The highest BCUT2D eigenvalue weighted by Gasteiger charge is 2.45. The predicted octanol–water partition coefficient (Wildman–Crippen LogP) is 2.31. The monoisotopic (exact) mass is 517 g/mol. The number of halogens is 6. The van der Waals surface area contributed by atoms with Crippen LogP contribution in [0.1, 0.15) is 15.9 Å². The number of fused-ring (bicyclic) bond motifs is 1. The number of carbonyl (C=O) groups is 3. The van der Waals surface area contributed by atoms with Gasteiger partial charge in [0.2, 0.25) is 0 Å². The number of hydrogen-bond acceptors (Lipinski definition) is 6. The lowest BCUT2D eigenvalue weighted by Crippen LogP contribution is -2.33. The first-order valence-corrected chi connectivity index (χ1v) is 10.0. The second-order valence-corrected chi connectivity index (χ2v) is 8.12. The van der Waals surface area contributed by atoms with Crippen molar-refractivity contribution < 1.29 is 55.7 Å². The van der Waals surface area contributed by atoms with E-state index in [2.05, 4.69) is 24.0 Å². The van der Waals surface area contributed by atoms with Crippen LogP contribution >= 0.6 is 0 Å². The Morgan fingerprint density at radius 1 is 1.06 bits per heavy atom. The molecule has 1 aromatic rings. The van der Waals surface area contributed by atoms with Crippen molar-refractivity contribution >= 4 is 17.8 Å². The minimum atomic E-state index is -5.08. The molecule has 0 aliphatic carbocycles. The summed E-state index contributed by atoms with van der Waals surface area (Å²) in [4.78, 5) is 38.6. The molecule has 9 nitrogen and oxygen atoms in total. The third-order valence-electron chi connectivity index (χ3n) is 4.93. The number of pyridine rings is 1. The van der Waals surface area contributed by atoms with Crippen molar-refractivity contribution in [2.24, 2.45) is 11.8 Å². The molecule has 1 amide bonds. The number of alkyl halides is 6. The van der Waals surface area contributed by atoms with Gasteiger partial charge in [0, 0.05) is 43.9 Å². The number of likely N-dealkylation sites (tertiary alicyclic amines) is 1. The zero-order valence-electron chi connectivity index (χ0n) is 18.9. The Bertz CT molecular complexity index is 869. The van der Waals surface area contributed by atoms with E-state index >= 15 is 0 Å². The van der Waals surface area contributed by atoms with Gasteiger partial charge in [-0.3, -0.25) is 9.78 Å². The van der Waals surface area contributed by atoms with Crippen molar-refractivity contribution in [2.45, 2.75) is 25.4 Å². The van der Waals surface area contributed by atoms with E-state index in [1.807, 2.05) is 17.9 Å². The van der Waals surface area contributed by atoms with Gasteiger partial charge in [0.05, 0.1) is 18.3 Å². The number of ether oxygens (including phenoxy) is 1. The van der Waals surface area contributed by atoms with Crippen LogP contribution < -0.4 is 0 Å². The molecule has 0 spiro atoms. The van der Waals surface area contributed by atoms with Crippen LogP contribution in [0.2, 0.25) is 0 Å². The van der Waals surface area contributed by atoms with Crippen LogP contribution in [0.15, 0.2) is 18.5 Å². The van der Waals surface area contributed by atoms with E-state index in [-0.39, 0.29) is 12.0 Å². The number of amides is 1. The van der Waals surface area contributed by atoms with Gasteiger partial charge in [-0.2, -0.15) is 26.3 Å². The first-order chi connectivity index (χ1) is 15.9. The third kappa shape index (κ3) is 9.68. The number of rotatable bonds is 3. The predicted molar refractivity (Wildman–Crippen MR) is 108 cm³/mol. The van der Waals surface area contributed by atoms with Crippen molar-refractivity contribution in [1.82, 2.24) is 14.8 Å². The summed E-state index contributed by atoms with van der Waals surface area (Å²) in [7, 11) is 4.17. The van der Waals surface area contributed by atoms with Crippen LogP contribution in [0.4, 0.5) is 26.3 Å². The molecule has 0 aromatic carbocycles. The Balaban J connectivity index is 0.000000362. The number of carboxylic acids is 2. The Kier molecular flexibility index (Phi) is 10.4. The number of carbonyl (C=O) groups excluding carboxylic acids is 1. The molecule has 3 rings (SSSR count). The Morgan fingerprint density at radius 3 is 2.00 bits per heavy atom. The van der Waals surface area contributed by atoms with Crippen molar-refractivity contribution in [2.75, 3.05) is 40.3 Å². The van der Waals surface area contributed by atoms with E-state index in [1.54, 1.807) is 12.4 Å². The van der Waals surface area contributed by atoms with Crippen LogP contribution in [0, 0.1) is 18.8 Å².